The van der Waals surface area contributed by atoms with Crippen molar-refractivity contribution in [2.75, 3.05) is 11.9 Å². The largest absolute Gasteiger partial charge is 0.461 e. The van der Waals surface area contributed by atoms with Gasteiger partial charge in [-0.1, -0.05) is 29.8 Å². The van der Waals surface area contributed by atoms with Gasteiger partial charge in [0.2, 0.25) is 15.9 Å². The van der Waals surface area contributed by atoms with E-state index in [2.05, 4.69) is 10.0 Å². The summed E-state index contributed by atoms with van der Waals surface area (Å²) in [7, 11) is -3.74. The second-order valence-corrected chi connectivity index (χ2v) is 7.77. The number of benzene rings is 2. The van der Waals surface area contributed by atoms with Crippen LogP contribution < -0.4 is 10.0 Å². The minimum absolute atomic E-state index is 0.0459. The summed E-state index contributed by atoms with van der Waals surface area (Å²) < 4.78 is 31.9. The Bertz CT molecular complexity index is 891. The first-order chi connectivity index (χ1) is 12.8. The molecule has 0 radical (unpaired) electrons. The van der Waals surface area contributed by atoms with Gasteiger partial charge in [-0.25, -0.2) is 13.1 Å². The third kappa shape index (κ3) is 6.84. The number of carbonyl (C=O) groups is 2. The lowest BCUT2D eigenvalue weighted by atomic mass is 10.2. The van der Waals surface area contributed by atoms with E-state index in [0.29, 0.717) is 5.69 Å². The van der Waals surface area contributed by atoms with Crippen molar-refractivity contribution in [2.45, 2.75) is 31.8 Å². The maximum absolute atomic E-state index is 12.2. The molecule has 0 spiro atoms. The van der Waals surface area contributed by atoms with Crippen LogP contribution in [0.1, 0.15) is 24.5 Å². The highest BCUT2D eigenvalue weighted by molar-refractivity contribution is 7.89. The normalized spacial score (nSPS) is 11.0. The molecule has 2 rings (SSSR count). The molecule has 0 aliphatic carbocycles. The summed E-state index contributed by atoms with van der Waals surface area (Å²) in [5, 5.41) is 2.56. The average Bonchev–Trinajstić information content (AvgIpc) is 2.61. The lowest BCUT2D eigenvalue weighted by Crippen LogP contribution is -2.26. The first-order valence-corrected chi connectivity index (χ1v) is 9.83. The van der Waals surface area contributed by atoms with Crippen molar-refractivity contribution in [3.63, 3.8) is 0 Å². The van der Waals surface area contributed by atoms with Crippen LogP contribution >= 0.6 is 0 Å². The van der Waals surface area contributed by atoms with Crippen molar-refractivity contribution in [2.24, 2.45) is 0 Å². The highest BCUT2D eigenvalue weighted by atomic mass is 32.2. The molecule has 7 nitrogen and oxygen atoms in total. The Morgan fingerprint density at radius 2 is 1.63 bits per heavy atom. The molecular weight excluding hydrogens is 368 g/mol. The van der Waals surface area contributed by atoms with Crippen molar-refractivity contribution in [1.82, 2.24) is 4.72 Å². The van der Waals surface area contributed by atoms with Crippen LogP contribution in [0.4, 0.5) is 5.69 Å². The van der Waals surface area contributed by atoms with Crippen molar-refractivity contribution < 1.29 is 22.7 Å². The summed E-state index contributed by atoms with van der Waals surface area (Å²) >= 11 is 0. The van der Waals surface area contributed by atoms with Crippen LogP contribution in [0, 0.1) is 6.92 Å². The van der Waals surface area contributed by atoms with Crippen LogP contribution in [0.5, 0.6) is 0 Å². The third-order valence-corrected chi connectivity index (χ3v) is 5.10. The molecular formula is C19H22N2O5S. The van der Waals surface area contributed by atoms with E-state index >= 15 is 0 Å². The summed E-state index contributed by atoms with van der Waals surface area (Å²) in [6, 6.07) is 13.3. The van der Waals surface area contributed by atoms with Crippen molar-refractivity contribution in [3.05, 3.63) is 59.7 Å². The fourth-order valence-corrected chi connectivity index (χ4v) is 3.24. The number of amides is 1. The van der Waals surface area contributed by atoms with E-state index in [1.165, 1.54) is 31.2 Å². The lowest BCUT2D eigenvalue weighted by molar-refractivity contribution is -0.144. The molecule has 0 atom stereocenters. The quantitative estimate of drug-likeness (QED) is 0.674. The minimum Gasteiger partial charge on any atom is -0.461 e. The van der Waals surface area contributed by atoms with Gasteiger partial charge < -0.3 is 10.1 Å². The highest BCUT2D eigenvalue weighted by Gasteiger charge is 2.14. The van der Waals surface area contributed by atoms with Crippen molar-refractivity contribution >= 4 is 27.6 Å². The molecule has 27 heavy (non-hydrogen) atoms. The first kappa shape index (κ1) is 20.6. The van der Waals surface area contributed by atoms with Crippen LogP contribution in [0.25, 0.3) is 0 Å². The number of aryl methyl sites for hydroxylation is 1. The number of carbonyl (C=O) groups excluding carboxylic acids is 2. The Labute approximate surface area is 158 Å². The molecule has 0 saturated carbocycles. The van der Waals surface area contributed by atoms with E-state index in [-0.39, 0.29) is 30.4 Å². The van der Waals surface area contributed by atoms with Crippen LogP contribution in [0.15, 0.2) is 53.4 Å². The Balaban J connectivity index is 1.79. The second kappa shape index (κ2) is 9.29. The molecule has 2 aromatic carbocycles. The van der Waals surface area contributed by atoms with Gasteiger partial charge in [-0.2, -0.15) is 0 Å². The summed E-state index contributed by atoms with van der Waals surface area (Å²) in [4.78, 5) is 22.8. The predicted octanol–water partition coefficient (Wildman–Crippen LogP) is 2.37. The second-order valence-electron chi connectivity index (χ2n) is 6.00. The fourth-order valence-electron chi connectivity index (χ4n) is 2.21. The zero-order valence-corrected chi connectivity index (χ0v) is 16.0. The van der Waals surface area contributed by atoms with Gasteiger partial charge in [0, 0.05) is 19.2 Å². The molecule has 0 bridgehead atoms. The van der Waals surface area contributed by atoms with Crippen LogP contribution in [0.2, 0.25) is 0 Å². The Morgan fingerprint density at radius 3 is 2.22 bits per heavy atom. The average molecular weight is 390 g/mol. The molecule has 2 aromatic rings. The Hall–Kier alpha value is -2.71. The van der Waals surface area contributed by atoms with Gasteiger partial charge in [0.1, 0.15) is 6.61 Å². The molecule has 0 aliphatic heterocycles. The van der Waals surface area contributed by atoms with Crippen molar-refractivity contribution in [1.29, 1.82) is 0 Å². The molecule has 0 fully saturated rings. The van der Waals surface area contributed by atoms with E-state index in [4.69, 9.17) is 4.74 Å². The first-order valence-electron chi connectivity index (χ1n) is 8.35. The van der Waals surface area contributed by atoms with Gasteiger partial charge >= 0.3 is 5.97 Å². The number of hydrogen-bond acceptors (Lipinski definition) is 5. The fraction of sp³-hybridized carbons (Fsp3) is 0.263. The van der Waals surface area contributed by atoms with Gasteiger partial charge in [-0.05, 0) is 36.8 Å². The molecule has 144 valence electrons. The SMILES string of the molecule is CC(=O)Nc1ccc(S(=O)(=O)NCCC(=O)OCc2ccc(C)cc2)cc1. The number of anilines is 1. The van der Waals surface area contributed by atoms with Gasteiger partial charge in [-0.3, -0.25) is 9.59 Å². The zero-order chi connectivity index (χ0) is 19.9. The topological polar surface area (TPSA) is 102 Å². The summed E-state index contributed by atoms with van der Waals surface area (Å²) in [6.07, 6.45) is -0.0743. The number of esters is 1. The smallest absolute Gasteiger partial charge is 0.307 e. The number of sulfonamides is 1. The molecule has 8 heteroatoms. The molecule has 0 aliphatic rings. The van der Waals surface area contributed by atoms with Gasteiger partial charge in [0.05, 0.1) is 11.3 Å². The molecule has 0 heterocycles. The maximum Gasteiger partial charge on any atom is 0.307 e. The summed E-state index contributed by atoms with van der Waals surface area (Å²) in [5.41, 5.74) is 2.49. The molecule has 0 saturated heterocycles. The monoisotopic (exact) mass is 390 g/mol. The number of ether oxygens (including phenoxy) is 1. The van der Waals surface area contributed by atoms with Crippen LogP contribution in [0.3, 0.4) is 0 Å². The van der Waals surface area contributed by atoms with E-state index in [1.54, 1.807) is 0 Å². The molecule has 1 amide bonds. The lowest BCUT2D eigenvalue weighted by Gasteiger charge is -2.08. The molecule has 0 aromatic heterocycles. The van der Waals surface area contributed by atoms with E-state index < -0.39 is 16.0 Å². The molecule has 0 unspecified atom stereocenters. The standard InChI is InChI=1S/C19H22N2O5S/c1-14-3-5-16(6-4-14)13-26-19(23)11-12-20-27(24,25)18-9-7-17(8-10-18)21-15(2)22/h3-10,20H,11-13H2,1-2H3,(H,21,22). The number of hydrogen-bond donors (Lipinski definition) is 2. The zero-order valence-electron chi connectivity index (χ0n) is 15.2. The van der Waals surface area contributed by atoms with Crippen molar-refractivity contribution in [3.8, 4) is 0 Å². The van der Waals surface area contributed by atoms with E-state index in [9.17, 15) is 18.0 Å². The Morgan fingerprint density at radius 1 is 1.00 bits per heavy atom. The van der Waals surface area contributed by atoms with Gasteiger partial charge in [0.15, 0.2) is 0 Å². The minimum atomic E-state index is -3.74. The summed E-state index contributed by atoms with van der Waals surface area (Å²) in [6.45, 7) is 3.42. The number of nitrogens with one attached hydrogen (secondary N) is 2. The van der Waals surface area contributed by atoms with E-state index in [1.807, 2.05) is 31.2 Å². The van der Waals surface area contributed by atoms with Crippen LogP contribution in [-0.2, 0) is 31.0 Å². The van der Waals surface area contributed by atoms with E-state index in [0.717, 1.165) is 11.1 Å². The molecule has 2 N–H and O–H groups in total. The number of rotatable bonds is 8. The highest BCUT2D eigenvalue weighted by Crippen LogP contribution is 2.14. The maximum atomic E-state index is 12.2. The van der Waals surface area contributed by atoms with Gasteiger partial charge in [-0.15, -0.1) is 0 Å². The summed E-state index contributed by atoms with van der Waals surface area (Å²) in [5.74, 6) is -0.729. The predicted molar refractivity (Wildman–Crippen MR) is 102 cm³/mol. The third-order valence-electron chi connectivity index (χ3n) is 3.63. The Kier molecular flexibility index (Phi) is 7.09. The van der Waals surface area contributed by atoms with Gasteiger partial charge in [0.25, 0.3) is 0 Å². The van der Waals surface area contributed by atoms with Crippen LogP contribution in [-0.4, -0.2) is 26.8 Å².